The molecule has 0 unspecified atom stereocenters. The summed E-state index contributed by atoms with van der Waals surface area (Å²) < 4.78 is 6.40. The van der Waals surface area contributed by atoms with Crippen LogP contribution in [-0.2, 0) is 0 Å². The Hall–Kier alpha value is -2.94. The summed E-state index contributed by atoms with van der Waals surface area (Å²) in [5, 5.41) is 20.5. The SMILES string of the molecule is N=C(/C(Oc1ccc(SN)cc1)=C(\Nc1nc(C=O)cs1)C1CCCCC1)c1ccccc1. The normalized spacial score (nSPS) is 14.9. The van der Waals surface area contributed by atoms with Gasteiger partial charge < -0.3 is 10.1 Å². The molecule has 4 N–H and O–H groups in total. The molecule has 6 nitrogen and oxygen atoms in total. The Morgan fingerprint density at radius 3 is 2.48 bits per heavy atom. The monoisotopic (exact) mass is 478 g/mol. The van der Waals surface area contributed by atoms with Gasteiger partial charge in [0.05, 0.1) is 5.70 Å². The van der Waals surface area contributed by atoms with Crippen molar-refractivity contribution in [2.75, 3.05) is 5.32 Å². The molecule has 0 atom stereocenters. The van der Waals surface area contributed by atoms with Gasteiger partial charge in [-0.3, -0.25) is 15.3 Å². The minimum absolute atomic E-state index is 0.209. The number of aromatic nitrogens is 1. The Labute approximate surface area is 201 Å². The Balaban J connectivity index is 1.79. The first-order valence-corrected chi connectivity index (χ1v) is 12.6. The predicted octanol–water partition coefficient (Wildman–Crippen LogP) is 6.27. The maximum atomic E-state index is 11.2. The number of nitrogens with one attached hydrogen (secondary N) is 2. The molecule has 8 heteroatoms. The van der Waals surface area contributed by atoms with Gasteiger partial charge in [0.25, 0.3) is 0 Å². The van der Waals surface area contributed by atoms with Gasteiger partial charge in [-0.05, 0) is 49.1 Å². The summed E-state index contributed by atoms with van der Waals surface area (Å²) in [7, 11) is 0. The molecule has 170 valence electrons. The molecule has 33 heavy (non-hydrogen) atoms. The number of aldehydes is 1. The number of thiazole rings is 1. The van der Waals surface area contributed by atoms with Crippen molar-refractivity contribution in [1.29, 1.82) is 5.41 Å². The molecule has 1 aliphatic carbocycles. The van der Waals surface area contributed by atoms with Gasteiger partial charge in [-0.1, -0.05) is 49.6 Å². The van der Waals surface area contributed by atoms with E-state index in [0.717, 1.165) is 48.1 Å². The van der Waals surface area contributed by atoms with E-state index < -0.39 is 0 Å². The fraction of sp³-hybridized carbons (Fsp3) is 0.240. The first kappa shape index (κ1) is 23.2. The van der Waals surface area contributed by atoms with E-state index in [0.29, 0.717) is 28.0 Å². The summed E-state index contributed by atoms with van der Waals surface area (Å²) in [6, 6.07) is 17.1. The van der Waals surface area contributed by atoms with E-state index >= 15 is 0 Å². The summed E-state index contributed by atoms with van der Waals surface area (Å²) in [6.45, 7) is 0. The summed E-state index contributed by atoms with van der Waals surface area (Å²) >= 11 is 2.55. The highest BCUT2D eigenvalue weighted by Gasteiger charge is 2.26. The highest BCUT2D eigenvalue weighted by molar-refractivity contribution is 7.97. The third-order valence-electron chi connectivity index (χ3n) is 5.61. The smallest absolute Gasteiger partial charge is 0.187 e. The molecule has 0 amide bonds. The molecule has 0 radical (unpaired) electrons. The summed E-state index contributed by atoms with van der Waals surface area (Å²) in [5.41, 5.74) is 2.30. The predicted molar refractivity (Wildman–Crippen MR) is 135 cm³/mol. The Morgan fingerprint density at radius 1 is 1.12 bits per heavy atom. The molecule has 0 bridgehead atoms. The number of nitrogens with two attached hydrogens (primary N) is 1. The fourth-order valence-electron chi connectivity index (χ4n) is 3.93. The maximum Gasteiger partial charge on any atom is 0.187 e. The van der Waals surface area contributed by atoms with E-state index in [1.807, 2.05) is 54.6 Å². The van der Waals surface area contributed by atoms with Crippen LogP contribution in [0.1, 0.15) is 48.2 Å². The molecule has 3 aromatic rings. The molecule has 0 saturated heterocycles. The number of allylic oxidation sites excluding steroid dienone is 2. The number of ether oxygens (including phenoxy) is 1. The zero-order valence-electron chi connectivity index (χ0n) is 18.1. The average molecular weight is 479 g/mol. The number of anilines is 1. The molecule has 1 saturated carbocycles. The lowest BCUT2D eigenvalue weighted by molar-refractivity contribution is 0.111. The molecule has 4 rings (SSSR count). The third-order valence-corrected chi connectivity index (χ3v) is 6.93. The van der Waals surface area contributed by atoms with Crippen LogP contribution in [0.4, 0.5) is 5.13 Å². The number of benzene rings is 2. The molecule has 0 spiro atoms. The number of nitrogens with zero attached hydrogens (tertiary/aromatic N) is 1. The van der Waals surface area contributed by atoms with Crippen molar-refractivity contribution in [3.8, 4) is 5.75 Å². The minimum atomic E-state index is 0.209. The van der Waals surface area contributed by atoms with E-state index in [1.165, 1.54) is 29.7 Å². The van der Waals surface area contributed by atoms with Crippen LogP contribution in [0.5, 0.6) is 5.75 Å². The van der Waals surface area contributed by atoms with Crippen LogP contribution in [-0.4, -0.2) is 17.0 Å². The lowest BCUT2D eigenvalue weighted by Gasteiger charge is -2.27. The second kappa shape index (κ2) is 11.3. The summed E-state index contributed by atoms with van der Waals surface area (Å²) in [4.78, 5) is 16.5. The Morgan fingerprint density at radius 2 is 1.85 bits per heavy atom. The van der Waals surface area contributed by atoms with Gasteiger partial charge in [-0.15, -0.1) is 11.3 Å². The number of carbonyl (C=O) groups excluding carboxylic acids is 1. The molecular weight excluding hydrogens is 452 g/mol. The molecule has 0 aliphatic heterocycles. The lowest BCUT2D eigenvalue weighted by atomic mass is 9.85. The van der Waals surface area contributed by atoms with Crippen molar-refractivity contribution in [2.45, 2.75) is 37.0 Å². The van der Waals surface area contributed by atoms with Gasteiger partial charge in [0, 0.05) is 21.8 Å². The van der Waals surface area contributed by atoms with Crippen molar-refractivity contribution in [2.24, 2.45) is 11.1 Å². The first-order chi connectivity index (χ1) is 16.2. The van der Waals surface area contributed by atoms with E-state index in [4.69, 9.17) is 15.3 Å². The number of rotatable bonds is 9. The lowest BCUT2D eigenvalue weighted by Crippen LogP contribution is -2.23. The Bertz CT molecular complexity index is 1120. The van der Waals surface area contributed by atoms with Crippen molar-refractivity contribution in [1.82, 2.24) is 4.98 Å². The number of hydrogen-bond acceptors (Lipinski definition) is 8. The largest absolute Gasteiger partial charge is 0.453 e. The van der Waals surface area contributed by atoms with Crippen molar-refractivity contribution < 1.29 is 9.53 Å². The fourth-order valence-corrected chi connectivity index (χ4v) is 4.89. The van der Waals surface area contributed by atoms with E-state index in [-0.39, 0.29) is 5.92 Å². The van der Waals surface area contributed by atoms with Crippen molar-refractivity contribution in [3.05, 3.63) is 82.7 Å². The summed E-state index contributed by atoms with van der Waals surface area (Å²) in [6.07, 6.45) is 6.22. The minimum Gasteiger partial charge on any atom is -0.453 e. The third kappa shape index (κ3) is 5.90. The Kier molecular flexibility index (Phi) is 7.93. The molecule has 1 heterocycles. The highest BCUT2D eigenvalue weighted by Crippen LogP contribution is 2.34. The number of carbonyl (C=O) groups is 1. The van der Waals surface area contributed by atoms with Gasteiger partial charge in [0.1, 0.15) is 17.2 Å². The van der Waals surface area contributed by atoms with E-state index in [1.54, 1.807) is 5.38 Å². The van der Waals surface area contributed by atoms with Crippen LogP contribution in [0.2, 0.25) is 0 Å². The second-order valence-corrected chi connectivity index (χ2v) is 9.40. The zero-order valence-corrected chi connectivity index (χ0v) is 19.8. The van der Waals surface area contributed by atoms with Gasteiger partial charge in [-0.2, -0.15) is 0 Å². The van der Waals surface area contributed by atoms with Gasteiger partial charge in [0.2, 0.25) is 0 Å². The molecule has 1 aliphatic rings. The van der Waals surface area contributed by atoms with Crippen LogP contribution in [0, 0.1) is 11.3 Å². The summed E-state index contributed by atoms with van der Waals surface area (Å²) in [5.74, 6) is 1.32. The van der Waals surface area contributed by atoms with E-state index in [9.17, 15) is 4.79 Å². The topological polar surface area (TPSA) is 101 Å². The maximum absolute atomic E-state index is 11.2. The molecule has 2 aromatic carbocycles. The van der Waals surface area contributed by atoms with Crippen LogP contribution in [0.25, 0.3) is 0 Å². The van der Waals surface area contributed by atoms with Crippen LogP contribution >= 0.6 is 23.3 Å². The van der Waals surface area contributed by atoms with Gasteiger partial charge in [-0.25, -0.2) is 4.98 Å². The average Bonchev–Trinajstić information content (AvgIpc) is 3.35. The standard InChI is InChI=1S/C25H26N4O2S2/c26-22(17-7-3-1-4-8-17)24(31-20-11-13-21(33-27)14-12-20)23(18-9-5-2-6-10-18)29-25-28-19(15-30)16-32-25/h1,3-4,7-8,11-16,18,26H,2,5-6,9-10,27H2,(H,28,29)/b24-23+,26-22?. The zero-order chi connectivity index (χ0) is 23.0. The molecular formula is C25H26N4O2S2. The van der Waals surface area contributed by atoms with Gasteiger partial charge >= 0.3 is 0 Å². The molecule has 1 fully saturated rings. The van der Waals surface area contributed by atoms with Crippen molar-refractivity contribution in [3.63, 3.8) is 0 Å². The quantitative estimate of drug-likeness (QED) is 0.145. The van der Waals surface area contributed by atoms with Crippen LogP contribution in [0.3, 0.4) is 0 Å². The highest BCUT2D eigenvalue weighted by atomic mass is 32.2. The molecule has 1 aromatic heterocycles. The van der Waals surface area contributed by atoms with E-state index in [2.05, 4.69) is 10.3 Å². The van der Waals surface area contributed by atoms with Crippen molar-refractivity contribution >= 4 is 40.4 Å². The van der Waals surface area contributed by atoms with Gasteiger partial charge in [0.15, 0.2) is 17.2 Å². The second-order valence-electron chi connectivity index (χ2n) is 7.83. The van der Waals surface area contributed by atoms with Crippen LogP contribution in [0.15, 0.2) is 76.3 Å². The first-order valence-electron chi connectivity index (χ1n) is 10.9. The number of hydrogen-bond donors (Lipinski definition) is 3. The van der Waals surface area contributed by atoms with Crippen LogP contribution < -0.4 is 15.2 Å².